The lowest BCUT2D eigenvalue weighted by molar-refractivity contribution is -0.118. The molecule has 5 aromatic heterocycles. The minimum atomic E-state index is -0.327. The third-order valence-corrected chi connectivity index (χ3v) is 15.1. The molecule has 6 N–H and O–H groups in total. The molecule has 3 fully saturated rings. The molecule has 2 aliphatic heterocycles. The SMILES string of the molecule is C=CC(=O)N[C@H]1COC[C@H]1Nc1cc2c(NCc3cnn(COc4cc(OC)c(Cl)c(-c5nc(N[C@@H](C)C6CC6)c6cc(N[C@@H]7COC[C@@H]7NC(=O)C=C)ncc6n5)c4Cl)c3)nc(-c3c(Cl)c(OC)cc(OC)c3Cl)nc2cn1. The van der Waals surface area contributed by atoms with Crippen molar-refractivity contribution in [2.45, 2.75) is 63.3 Å². The van der Waals surface area contributed by atoms with Gasteiger partial charge in [0.2, 0.25) is 11.8 Å². The van der Waals surface area contributed by atoms with E-state index in [1.807, 2.05) is 6.07 Å². The van der Waals surface area contributed by atoms with Crippen LogP contribution < -0.4 is 50.8 Å². The Balaban J connectivity index is 0.913. The summed E-state index contributed by atoms with van der Waals surface area (Å²) in [4.78, 5) is 53.4. The van der Waals surface area contributed by atoms with Gasteiger partial charge in [0.25, 0.3) is 0 Å². The average Bonchev–Trinajstić information content (AvgIpc) is 4.00. The van der Waals surface area contributed by atoms with Crippen LogP contribution in [-0.2, 0) is 32.3 Å². The van der Waals surface area contributed by atoms with Gasteiger partial charge in [-0.25, -0.2) is 34.6 Å². The molecule has 1 saturated carbocycles. The Morgan fingerprint density at radius 3 is 1.67 bits per heavy atom. The molecule has 0 bridgehead atoms. The Hall–Kier alpha value is -7.47. The van der Waals surface area contributed by atoms with Crippen LogP contribution in [0.1, 0.15) is 25.3 Å². The normalized spacial score (nSPS) is 18.2. The largest absolute Gasteiger partial charge is 0.495 e. The molecule has 412 valence electrons. The number of pyridine rings is 2. The average molecular weight is 1160 g/mol. The summed E-state index contributed by atoms with van der Waals surface area (Å²) in [7, 11) is 4.45. The van der Waals surface area contributed by atoms with Crippen LogP contribution in [-0.4, -0.2) is 129 Å². The second-order valence-corrected chi connectivity index (χ2v) is 20.3. The molecule has 10 rings (SSSR count). The van der Waals surface area contributed by atoms with Crippen molar-refractivity contribution in [2.24, 2.45) is 5.92 Å². The first-order valence-corrected chi connectivity index (χ1v) is 26.5. The second kappa shape index (κ2) is 23.9. The number of carbonyl (C=O) groups excluding carboxylic acids is 2. The Kier molecular flexibility index (Phi) is 16.6. The number of hydrogen-bond acceptors (Lipinski definition) is 19. The van der Waals surface area contributed by atoms with Gasteiger partial charge in [0.1, 0.15) is 46.3 Å². The number of nitrogens with zero attached hydrogens (tertiary/aromatic N) is 8. The number of amides is 2. The van der Waals surface area contributed by atoms with Gasteiger partial charge >= 0.3 is 0 Å². The van der Waals surface area contributed by atoms with Gasteiger partial charge in [0.05, 0.1) is 133 Å². The summed E-state index contributed by atoms with van der Waals surface area (Å²) in [5.74, 6) is 3.38. The van der Waals surface area contributed by atoms with Crippen molar-refractivity contribution in [2.75, 3.05) is 69.0 Å². The number of carbonyl (C=O) groups is 2. The lowest BCUT2D eigenvalue weighted by Gasteiger charge is -2.21. The van der Waals surface area contributed by atoms with E-state index in [0.29, 0.717) is 88.9 Å². The number of rotatable bonds is 22. The number of ether oxygens (including phenoxy) is 6. The zero-order valence-electron chi connectivity index (χ0n) is 43.2. The van der Waals surface area contributed by atoms with Crippen molar-refractivity contribution in [3.8, 4) is 45.8 Å². The summed E-state index contributed by atoms with van der Waals surface area (Å²) in [5, 5.41) is 26.2. The van der Waals surface area contributed by atoms with Gasteiger partial charge < -0.3 is 60.3 Å². The molecule has 2 amide bonds. The van der Waals surface area contributed by atoms with Gasteiger partial charge in [-0.3, -0.25) is 9.59 Å². The molecule has 0 radical (unpaired) electrons. The number of methoxy groups -OCH3 is 3. The number of anilines is 4. The molecule has 0 spiro atoms. The summed E-state index contributed by atoms with van der Waals surface area (Å²) in [6.45, 7) is 10.8. The van der Waals surface area contributed by atoms with E-state index < -0.39 is 0 Å². The summed E-state index contributed by atoms with van der Waals surface area (Å²) < 4.78 is 36.1. The van der Waals surface area contributed by atoms with Crippen LogP contribution in [0, 0.1) is 5.92 Å². The van der Waals surface area contributed by atoms with Crippen LogP contribution in [0.4, 0.5) is 23.3 Å². The van der Waals surface area contributed by atoms with E-state index in [-0.39, 0.29) is 110 Å². The highest BCUT2D eigenvalue weighted by atomic mass is 35.5. The van der Waals surface area contributed by atoms with Crippen LogP contribution in [0.5, 0.6) is 23.0 Å². The lowest BCUT2D eigenvalue weighted by Crippen LogP contribution is -2.45. The molecule has 1 aliphatic carbocycles. The Morgan fingerprint density at radius 1 is 0.684 bits per heavy atom. The van der Waals surface area contributed by atoms with Crippen molar-refractivity contribution in [1.29, 1.82) is 0 Å². The van der Waals surface area contributed by atoms with Gasteiger partial charge in [-0.1, -0.05) is 59.6 Å². The minimum absolute atomic E-state index is 0.0762. The summed E-state index contributed by atoms with van der Waals surface area (Å²) in [5.41, 5.74) is 2.30. The van der Waals surface area contributed by atoms with Crippen LogP contribution in [0.15, 0.2) is 74.4 Å². The van der Waals surface area contributed by atoms with Crippen LogP contribution in [0.3, 0.4) is 0 Å². The fraction of sp³-hybridized carbons (Fsp3) is 0.340. The first-order chi connectivity index (χ1) is 38.2. The molecular formula is C53H54Cl4N14O8. The number of benzene rings is 2. The third kappa shape index (κ3) is 11.9. The predicted octanol–water partition coefficient (Wildman–Crippen LogP) is 8.35. The van der Waals surface area contributed by atoms with E-state index >= 15 is 0 Å². The predicted molar refractivity (Wildman–Crippen MR) is 302 cm³/mol. The highest BCUT2D eigenvalue weighted by Gasteiger charge is 2.33. The number of hydrogen-bond donors (Lipinski definition) is 6. The second-order valence-electron chi connectivity index (χ2n) is 18.8. The van der Waals surface area contributed by atoms with Crippen molar-refractivity contribution in [3.05, 3.63) is 100 Å². The standard InChI is InChI=1S/C53H54Cl4N14O8/c1-7-42(72)65-34-22-77-20-32(34)63-40-11-28-30(17-58-40)67-52(44-46(54)36(74-4)13-37(75-5)47(44)55)69-50(28)60-15-26-16-61-71(19-26)24-79-39-14-38(76-6)48(56)45(49(39)57)53-68-31-18-59-41(64-33-21-78-23-35(33)66-43(73)8-2)12-29(31)51(70-53)62-25(3)27-9-10-27/h7-8,11-14,16-19,25,27,32-35H,1-2,9-10,15,20-24H2,3-6H3,(H,58,63)(H,59,64)(H,65,72)(H,66,73)(H,60,67,69)(H,62,68,70)/t25-,32+,33+,34-,35-/m0/s1. The summed E-state index contributed by atoms with van der Waals surface area (Å²) in [6, 6.07) is 5.79. The molecule has 7 aromatic rings. The van der Waals surface area contributed by atoms with Crippen LogP contribution >= 0.6 is 46.4 Å². The number of aromatic nitrogens is 8. The van der Waals surface area contributed by atoms with Gasteiger partial charge in [-0.2, -0.15) is 5.10 Å². The fourth-order valence-corrected chi connectivity index (χ4v) is 10.5. The zero-order chi connectivity index (χ0) is 55.5. The molecule has 5 atom stereocenters. The Labute approximate surface area is 473 Å². The van der Waals surface area contributed by atoms with Gasteiger partial charge in [-0.05, 0) is 50.0 Å². The van der Waals surface area contributed by atoms with E-state index in [4.69, 9.17) is 94.8 Å². The van der Waals surface area contributed by atoms with Crippen molar-refractivity contribution in [1.82, 2.24) is 50.3 Å². The van der Waals surface area contributed by atoms with Crippen LogP contribution in [0.2, 0.25) is 20.1 Å². The minimum Gasteiger partial charge on any atom is -0.495 e. The maximum Gasteiger partial charge on any atom is 0.243 e. The van der Waals surface area contributed by atoms with E-state index in [0.717, 1.165) is 18.4 Å². The first kappa shape index (κ1) is 54.9. The highest BCUT2D eigenvalue weighted by Crippen LogP contribution is 2.48. The number of fused-ring (bicyclic) bond motifs is 2. The van der Waals surface area contributed by atoms with E-state index in [1.165, 1.54) is 33.5 Å². The molecule has 0 unspecified atom stereocenters. The molecule has 79 heavy (non-hydrogen) atoms. The monoisotopic (exact) mass is 1150 g/mol. The van der Waals surface area contributed by atoms with E-state index in [9.17, 15) is 9.59 Å². The molecule has 2 saturated heterocycles. The number of nitrogens with one attached hydrogen (secondary N) is 6. The smallest absolute Gasteiger partial charge is 0.243 e. The van der Waals surface area contributed by atoms with Gasteiger partial charge in [-0.15, -0.1) is 0 Å². The highest BCUT2D eigenvalue weighted by molar-refractivity contribution is 6.41. The zero-order valence-corrected chi connectivity index (χ0v) is 46.2. The van der Waals surface area contributed by atoms with Crippen LogP contribution in [0.25, 0.3) is 44.6 Å². The van der Waals surface area contributed by atoms with E-state index in [1.54, 1.807) is 47.7 Å². The van der Waals surface area contributed by atoms with Gasteiger partial charge in [0, 0.05) is 47.3 Å². The van der Waals surface area contributed by atoms with Crippen molar-refractivity contribution in [3.63, 3.8) is 0 Å². The van der Waals surface area contributed by atoms with Crippen molar-refractivity contribution >= 4 is 103 Å². The number of halogens is 4. The molecular weight excluding hydrogens is 1100 g/mol. The molecule has 3 aliphatic rings. The maximum atomic E-state index is 12.2. The Morgan fingerprint density at radius 2 is 1.16 bits per heavy atom. The summed E-state index contributed by atoms with van der Waals surface area (Å²) >= 11 is 28.0. The van der Waals surface area contributed by atoms with Crippen molar-refractivity contribution < 1.29 is 38.0 Å². The third-order valence-electron chi connectivity index (χ3n) is 13.6. The lowest BCUT2D eigenvalue weighted by atomic mass is 10.1. The molecule has 22 nitrogen and oxygen atoms in total. The molecule has 7 heterocycles. The summed E-state index contributed by atoms with van der Waals surface area (Å²) in [6.07, 6.45) is 11.4. The topological polar surface area (TPSA) is 257 Å². The first-order valence-electron chi connectivity index (χ1n) is 25.0. The van der Waals surface area contributed by atoms with Gasteiger partial charge in [0.15, 0.2) is 18.4 Å². The quantitative estimate of drug-likeness (QED) is 0.0349. The Bertz CT molecular complexity index is 3470. The molecule has 2 aromatic carbocycles. The molecule has 26 heteroatoms. The maximum absolute atomic E-state index is 12.2. The van der Waals surface area contributed by atoms with E-state index in [2.05, 4.69) is 67.0 Å². The fourth-order valence-electron chi connectivity index (χ4n) is 9.17.